The summed E-state index contributed by atoms with van der Waals surface area (Å²) in [6.45, 7) is 4.75. The summed E-state index contributed by atoms with van der Waals surface area (Å²) in [5.41, 5.74) is 3.56. The van der Waals surface area contributed by atoms with Crippen molar-refractivity contribution in [3.05, 3.63) is 71.5 Å². The van der Waals surface area contributed by atoms with E-state index in [-0.39, 0.29) is 0 Å². The van der Waals surface area contributed by atoms with E-state index in [0.717, 1.165) is 22.2 Å². The largest absolute Gasteiger partial charge is 0.494 e. The first-order valence-electron chi connectivity index (χ1n) is 8.11. The zero-order chi connectivity index (χ0) is 17.5. The molecule has 2 aromatic carbocycles. The minimum atomic E-state index is 0.662. The van der Waals surface area contributed by atoms with Crippen LogP contribution in [0.4, 0.5) is 0 Å². The first kappa shape index (κ1) is 17.2. The van der Waals surface area contributed by atoms with Crippen molar-refractivity contribution in [3.8, 4) is 5.75 Å². The molecule has 0 aliphatic carbocycles. The summed E-state index contributed by atoms with van der Waals surface area (Å²) in [5, 5.41) is 13.3. The molecule has 1 aromatic heterocycles. The molecule has 0 unspecified atom stereocenters. The molecule has 0 aliphatic heterocycles. The number of aromatic nitrogens is 3. The van der Waals surface area contributed by atoms with Crippen LogP contribution in [0.1, 0.15) is 23.6 Å². The van der Waals surface area contributed by atoms with E-state index in [1.165, 1.54) is 11.1 Å². The van der Waals surface area contributed by atoms with Gasteiger partial charge in [-0.05, 0) is 54.8 Å². The van der Waals surface area contributed by atoms with Crippen molar-refractivity contribution < 1.29 is 4.74 Å². The van der Waals surface area contributed by atoms with Crippen LogP contribution < -0.4 is 4.74 Å². The van der Waals surface area contributed by atoms with E-state index in [1.807, 2.05) is 37.3 Å². The highest BCUT2D eigenvalue weighted by atomic mass is 32.2. The molecule has 0 amide bonds. The monoisotopic (exact) mass is 352 g/mol. The van der Waals surface area contributed by atoms with Crippen molar-refractivity contribution in [1.29, 1.82) is 0 Å². The Morgan fingerprint density at radius 1 is 1.16 bits per heavy atom. The number of aryl methyl sites for hydroxylation is 1. The summed E-state index contributed by atoms with van der Waals surface area (Å²) >= 11 is 1.62. The highest BCUT2D eigenvalue weighted by Gasteiger charge is 2.05. The molecule has 128 valence electrons. The Kier molecular flexibility index (Phi) is 5.85. The maximum atomic E-state index is 5.44. The van der Waals surface area contributed by atoms with Crippen LogP contribution in [0.25, 0.3) is 0 Å². The maximum Gasteiger partial charge on any atom is 0.212 e. The van der Waals surface area contributed by atoms with Crippen LogP contribution in [0.3, 0.4) is 0 Å². The minimum Gasteiger partial charge on any atom is -0.494 e. The summed E-state index contributed by atoms with van der Waals surface area (Å²) in [6.07, 6.45) is 3.40. The SMILES string of the molecule is CCOc1ccc(/C=N\n2cnnc2SCc2ccccc2C)cc1. The quantitative estimate of drug-likeness (QED) is 0.473. The van der Waals surface area contributed by atoms with Gasteiger partial charge < -0.3 is 4.74 Å². The first-order chi connectivity index (χ1) is 12.3. The average Bonchev–Trinajstić information content (AvgIpc) is 3.08. The van der Waals surface area contributed by atoms with Crippen molar-refractivity contribution in [2.45, 2.75) is 24.8 Å². The molecule has 6 heteroatoms. The maximum absolute atomic E-state index is 5.44. The van der Waals surface area contributed by atoms with Crippen molar-refractivity contribution >= 4 is 18.0 Å². The number of hydrogen-bond acceptors (Lipinski definition) is 5. The normalized spacial score (nSPS) is 11.1. The molecule has 0 bridgehead atoms. The predicted octanol–water partition coefficient (Wildman–Crippen LogP) is 4.16. The fraction of sp³-hybridized carbons (Fsp3) is 0.211. The second-order valence-corrected chi connectivity index (χ2v) is 6.36. The molecule has 3 rings (SSSR count). The molecule has 0 saturated carbocycles. The molecular formula is C19H20N4OS. The molecule has 0 fully saturated rings. The number of benzene rings is 2. The zero-order valence-electron chi connectivity index (χ0n) is 14.3. The van der Waals surface area contributed by atoms with Gasteiger partial charge in [0.05, 0.1) is 12.8 Å². The number of rotatable bonds is 7. The van der Waals surface area contributed by atoms with Gasteiger partial charge >= 0.3 is 0 Å². The first-order valence-corrected chi connectivity index (χ1v) is 9.09. The third kappa shape index (κ3) is 4.70. The number of nitrogens with zero attached hydrogens (tertiary/aromatic N) is 4. The van der Waals surface area contributed by atoms with E-state index >= 15 is 0 Å². The van der Waals surface area contributed by atoms with Gasteiger partial charge in [0, 0.05) is 5.75 Å². The molecular weight excluding hydrogens is 332 g/mol. The van der Waals surface area contributed by atoms with Gasteiger partial charge in [0.2, 0.25) is 5.16 Å². The summed E-state index contributed by atoms with van der Waals surface area (Å²) in [4.78, 5) is 0. The standard InChI is InChI=1S/C19H20N4OS/c1-3-24-18-10-8-16(9-11-18)12-21-23-14-20-22-19(23)25-13-17-7-5-4-6-15(17)2/h4-12,14H,3,13H2,1-2H3/b21-12-. The van der Waals surface area contributed by atoms with Gasteiger partial charge in [-0.1, -0.05) is 36.0 Å². The highest BCUT2D eigenvalue weighted by molar-refractivity contribution is 7.98. The molecule has 1 heterocycles. The van der Waals surface area contributed by atoms with Crippen molar-refractivity contribution in [2.24, 2.45) is 5.10 Å². The zero-order valence-corrected chi connectivity index (χ0v) is 15.1. The summed E-state index contributed by atoms with van der Waals surface area (Å²) in [7, 11) is 0. The van der Waals surface area contributed by atoms with E-state index in [1.54, 1.807) is 29.0 Å². The van der Waals surface area contributed by atoms with E-state index in [9.17, 15) is 0 Å². The average molecular weight is 352 g/mol. The van der Waals surface area contributed by atoms with Gasteiger partial charge in [0.25, 0.3) is 0 Å². The lowest BCUT2D eigenvalue weighted by Crippen LogP contribution is -1.94. The molecule has 0 radical (unpaired) electrons. The van der Waals surface area contributed by atoms with Crippen LogP contribution in [-0.4, -0.2) is 27.7 Å². The number of thioether (sulfide) groups is 1. The molecule has 25 heavy (non-hydrogen) atoms. The molecule has 0 atom stereocenters. The van der Waals surface area contributed by atoms with E-state index in [0.29, 0.717) is 6.61 Å². The molecule has 3 aromatic rings. The van der Waals surface area contributed by atoms with Crippen LogP contribution in [0.5, 0.6) is 5.75 Å². The van der Waals surface area contributed by atoms with Gasteiger partial charge in [-0.3, -0.25) is 0 Å². The van der Waals surface area contributed by atoms with Gasteiger partial charge in [0.1, 0.15) is 12.1 Å². The lowest BCUT2D eigenvalue weighted by atomic mass is 10.1. The van der Waals surface area contributed by atoms with Crippen LogP contribution in [0, 0.1) is 6.92 Å². The second kappa shape index (κ2) is 8.48. The fourth-order valence-corrected chi connectivity index (χ4v) is 3.19. The Bertz CT molecular complexity index is 843. The lowest BCUT2D eigenvalue weighted by molar-refractivity contribution is 0.340. The Labute approximate surface area is 151 Å². The summed E-state index contributed by atoms with van der Waals surface area (Å²) in [5.74, 6) is 1.70. The van der Waals surface area contributed by atoms with E-state index < -0.39 is 0 Å². The van der Waals surface area contributed by atoms with Gasteiger partial charge in [-0.2, -0.15) is 9.78 Å². The molecule has 5 nitrogen and oxygen atoms in total. The Morgan fingerprint density at radius 2 is 1.96 bits per heavy atom. The lowest BCUT2D eigenvalue weighted by Gasteiger charge is -2.04. The second-order valence-electron chi connectivity index (χ2n) is 5.42. The summed E-state index contributed by atoms with van der Waals surface area (Å²) < 4.78 is 7.13. The van der Waals surface area contributed by atoms with Crippen molar-refractivity contribution in [3.63, 3.8) is 0 Å². The van der Waals surface area contributed by atoms with E-state index in [4.69, 9.17) is 4.74 Å². The molecule has 0 spiro atoms. The minimum absolute atomic E-state index is 0.662. The van der Waals surface area contributed by atoms with Crippen LogP contribution in [0.2, 0.25) is 0 Å². The van der Waals surface area contributed by atoms with E-state index in [2.05, 4.69) is 40.4 Å². The van der Waals surface area contributed by atoms with Crippen LogP contribution in [-0.2, 0) is 5.75 Å². The topological polar surface area (TPSA) is 52.3 Å². The van der Waals surface area contributed by atoms with Crippen LogP contribution >= 0.6 is 11.8 Å². The van der Waals surface area contributed by atoms with Crippen molar-refractivity contribution in [1.82, 2.24) is 14.9 Å². The Balaban J connectivity index is 1.66. The third-order valence-corrected chi connectivity index (χ3v) is 4.62. The Morgan fingerprint density at radius 3 is 2.72 bits per heavy atom. The smallest absolute Gasteiger partial charge is 0.212 e. The molecule has 0 aliphatic rings. The highest BCUT2D eigenvalue weighted by Crippen LogP contribution is 2.22. The third-order valence-electron chi connectivity index (χ3n) is 3.64. The van der Waals surface area contributed by atoms with Crippen molar-refractivity contribution in [2.75, 3.05) is 6.61 Å². The predicted molar refractivity (Wildman–Crippen MR) is 101 cm³/mol. The van der Waals surface area contributed by atoms with Gasteiger partial charge in [-0.25, -0.2) is 0 Å². The van der Waals surface area contributed by atoms with Gasteiger partial charge in [-0.15, -0.1) is 10.2 Å². The number of ether oxygens (including phenoxy) is 1. The Hall–Kier alpha value is -2.60. The fourth-order valence-electron chi connectivity index (χ4n) is 2.25. The molecule has 0 saturated heterocycles. The molecule has 0 N–H and O–H groups in total. The summed E-state index contributed by atoms with van der Waals surface area (Å²) in [6, 6.07) is 16.2. The van der Waals surface area contributed by atoms with Crippen LogP contribution in [0.15, 0.2) is 65.1 Å². The van der Waals surface area contributed by atoms with Gasteiger partial charge in [0.15, 0.2) is 0 Å². The number of hydrogen-bond donors (Lipinski definition) is 0.